The van der Waals surface area contributed by atoms with E-state index in [0.717, 1.165) is 21.3 Å². The van der Waals surface area contributed by atoms with Crippen molar-refractivity contribution >= 4 is 27.4 Å². The van der Waals surface area contributed by atoms with Gasteiger partial charge in [0.2, 0.25) is 0 Å². The van der Waals surface area contributed by atoms with E-state index in [1.165, 1.54) is 6.33 Å². The molecule has 3 aromatic rings. The minimum atomic E-state index is 0.533. The molecule has 0 aliphatic heterocycles. The first-order valence-electron chi connectivity index (χ1n) is 4.74. The topological polar surface area (TPSA) is 64.7 Å². The minimum absolute atomic E-state index is 0.533. The minimum Gasteiger partial charge on any atom is -0.382 e. The lowest BCUT2D eigenvalue weighted by molar-refractivity contribution is 1.24. The molecule has 0 unspecified atom stereocenters. The zero-order chi connectivity index (χ0) is 11.0. The molecule has 0 aromatic carbocycles. The van der Waals surface area contributed by atoms with Gasteiger partial charge in [-0.15, -0.1) is 11.3 Å². The average Bonchev–Trinajstić information content (AvgIpc) is 2.75. The Hall–Kier alpha value is -2.01. The van der Waals surface area contributed by atoms with Crippen molar-refractivity contribution in [2.45, 2.75) is 0 Å². The Balaban J connectivity index is 2.30. The van der Waals surface area contributed by atoms with Gasteiger partial charge in [0.1, 0.15) is 12.1 Å². The molecule has 3 heterocycles. The molecule has 78 valence electrons. The number of anilines is 1. The van der Waals surface area contributed by atoms with Gasteiger partial charge < -0.3 is 5.73 Å². The van der Waals surface area contributed by atoms with Crippen LogP contribution in [0.25, 0.3) is 21.3 Å². The summed E-state index contributed by atoms with van der Waals surface area (Å²) in [7, 11) is 0. The van der Waals surface area contributed by atoms with Crippen LogP contribution in [0.4, 0.5) is 5.82 Å². The van der Waals surface area contributed by atoms with Crippen molar-refractivity contribution in [3.63, 3.8) is 0 Å². The van der Waals surface area contributed by atoms with Crippen molar-refractivity contribution < 1.29 is 0 Å². The smallest absolute Gasteiger partial charge is 0.144 e. The van der Waals surface area contributed by atoms with Crippen LogP contribution in [-0.4, -0.2) is 15.0 Å². The molecular weight excluding hydrogens is 220 g/mol. The third kappa shape index (κ3) is 1.33. The first kappa shape index (κ1) is 9.23. The van der Waals surface area contributed by atoms with E-state index in [-0.39, 0.29) is 0 Å². The number of rotatable bonds is 1. The Morgan fingerprint density at radius 1 is 1.25 bits per heavy atom. The van der Waals surface area contributed by atoms with E-state index < -0.39 is 0 Å². The van der Waals surface area contributed by atoms with Crippen molar-refractivity contribution in [3.05, 3.63) is 36.2 Å². The number of aromatic nitrogens is 3. The number of thiophene rings is 1. The number of nitrogen functional groups attached to an aromatic ring is 1. The summed E-state index contributed by atoms with van der Waals surface area (Å²) < 4.78 is 0.932. The van der Waals surface area contributed by atoms with Gasteiger partial charge in [-0.25, -0.2) is 9.97 Å². The zero-order valence-electron chi connectivity index (χ0n) is 8.29. The van der Waals surface area contributed by atoms with Gasteiger partial charge in [-0.2, -0.15) is 0 Å². The molecule has 16 heavy (non-hydrogen) atoms. The summed E-state index contributed by atoms with van der Waals surface area (Å²) in [4.78, 5) is 12.3. The molecular formula is C11H8N4S. The highest BCUT2D eigenvalue weighted by molar-refractivity contribution is 7.18. The predicted octanol–water partition coefficient (Wildman–Crippen LogP) is 2.34. The molecule has 4 nitrogen and oxygen atoms in total. The van der Waals surface area contributed by atoms with E-state index in [1.54, 1.807) is 17.5 Å². The maximum absolute atomic E-state index is 5.79. The first-order valence-corrected chi connectivity index (χ1v) is 5.62. The fourth-order valence-electron chi connectivity index (χ4n) is 1.60. The van der Waals surface area contributed by atoms with E-state index in [9.17, 15) is 0 Å². The van der Waals surface area contributed by atoms with Crippen LogP contribution in [-0.2, 0) is 0 Å². The van der Waals surface area contributed by atoms with Crippen LogP contribution in [0.2, 0.25) is 0 Å². The molecule has 0 amide bonds. The number of nitrogens with zero attached hydrogens (tertiary/aromatic N) is 3. The summed E-state index contributed by atoms with van der Waals surface area (Å²) in [5, 5.41) is 2.03. The third-order valence-electron chi connectivity index (χ3n) is 2.35. The van der Waals surface area contributed by atoms with Crippen LogP contribution < -0.4 is 5.73 Å². The normalized spacial score (nSPS) is 10.8. The second kappa shape index (κ2) is 3.53. The molecule has 0 spiro atoms. The maximum Gasteiger partial charge on any atom is 0.144 e. The summed E-state index contributed by atoms with van der Waals surface area (Å²) in [5.74, 6) is 0.533. The molecule has 0 saturated carbocycles. The van der Waals surface area contributed by atoms with Gasteiger partial charge in [-0.3, -0.25) is 4.98 Å². The largest absolute Gasteiger partial charge is 0.382 e. The Labute approximate surface area is 95.8 Å². The number of fused-ring (bicyclic) bond motifs is 1. The Morgan fingerprint density at radius 2 is 2.19 bits per heavy atom. The number of nitrogens with two attached hydrogens (primary N) is 1. The molecule has 0 aliphatic rings. The quantitative estimate of drug-likeness (QED) is 0.694. The Bertz CT molecular complexity index is 633. The van der Waals surface area contributed by atoms with Gasteiger partial charge in [0.15, 0.2) is 0 Å². The van der Waals surface area contributed by atoms with Crippen molar-refractivity contribution in [3.8, 4) is 11.1 Å². The van der Waals surface area contributed by atoms with E-state index in [0.29, 0.717) is 5.82 Å². The molecule has 3 rings (SSSR count). The highest BCUT2D eigenvalue weighted by Crippen LogP contribution is 2.33. The van der Waals surface area contributed by atoms with Crippen LogP contribution in [0.15, 0.2) is 36.2 Å². The van der Waals surface area contributed by atoms with Crippen LogP contribution in [0.1, 0.15) is 0 Å². The van der Waals surface area contributed by atoms with Crippen LogP contribution >= 0.6 is 11.3 Å². The number of hydrogen-bond donors (Lipinski definition) is 1. The SMILES string of the molecule is Nc1ncnc2c(-c3cccnc3)csc12. The lowest BCUT2D eigenvalue weighted by Crippen LogP contribution is -1.90. The lowest BCUT2D eigenvalue weighted by atomic mass is 10.1. The van der Waals surface area contributed by atoms with E-state index >= 15 is 0 Å². The summed E-state index contributed by atoms with van der Waals surface area (Å²) in [6.45, 7) is 0. The highest BCUT2D eigenvalue weighted by Gasteiger charge is 2.09. The summed E-state index contributed by atoms with van der Waals surface area (Å²) in [5.41, 5.74) is 8.79. The summed E-state index contributed by atoms with van der Waals surface area (Å²) in [6, 6.07) is 3.91. The van der Waals surface area contributed by atoms with Crippen LogP contribution in [0.3, 0.4) is 0 Å². The van der Waals surface area contributed by atoms with Crippen LogP contribution in [0.5, 0.6) is 0 Å². The molecule has 0 bridgehead atoms. The first-order chi connectivity index (χ1) is 7.86. The molecule has 0 radical (unpaired) electrons. The molecule has 0 aliphatic carbocycles. The van der Waals surface area contributed by atoms with E-state index in [1.807, 2.05) is 23.7 Å². The van der Waals surface area contributed by atoms with Crippen molar-refractivity contribution in [1.29, 1.82) is 0 Å². The van der Waals surface area contributed by atoms with Gasteiger partial charge in [-0.05, 0) is 6.07 Å². The monoisotopic (exact) mass is 228 g/mol. The van der Waals surface area contributed by atoms with Crippen molar-refractivity contribution in [2.75, 3.05) is 5.73 Å². The Kier molecular flexibility index (Phi) is 2.04. The maximum atomic E-state index is 5.79. The molecule has 5 heteroatoms. The van der Waals surface area contributed by atoms with Crippen LogP contribution in [0, 0.1) is 0 Å². The van der Waals surface area contributed by atoms with Gasteiger partial charge in [-0.1, -0.05) is 6.07 Å². The fraction of sp³-hybridized carbons (Fsp3) is 0. The molecule has 0 atom stereocenters. The second-order valence-electron chi connectivity index (χ2n) is 3.33. The van der Waals surface area contributed by atoms with Gasteiger partial charge in [0.05, 0.1) is 10.2 Å². The van der Waals surface area contributed by atoms with Crippen molar-refractivity contribution in [2.24, 2.45) is 0 Å². The van der Waals surface area contributed by atoms with Gasteiger partial charge in [0, 0.05) is 28.9 Å². The van der Waals surface area contributed by atoms with Gasteiger partial charge >= 0.3 is 0 Å². The highest BCUT2D eigenvalue weighted by atomic mass is 32.1. The molecule has 2 N–H and O–H groups in total. The van der Waals surface area contributed by atoms with E-state index in [4.69, 9.17) is 5.73 Å². The number of hydrogen-bond acceptors (Lipinski definition) is 5. The summed E-state index contributed by atoms with van der Waals surface area (Å²) >= 11 is 1.56. The van der Waals surface area contributed by atoms with Gasteiger partial charge in [0.25, 0.3) is 0 Å². The zero-order valence-corrected chi connectivity index (χ0v) is 9.11. The molecule has 3 aromatic heterocycles. The van der Waals surface area contributed by atoms with Crippen molar-refractivity contribution in [1.82, 2.24) is 15.0 Å². The number of pyridine rings is 1. The second-order valence-corrected chi connectivity index (χ2v) is 4.21. The molecule has 0 fully saturated rings. The lowest BCUT2D eigenvalue weighted by Gasteiger charge is -1.98. The predicted molar refractivity (Wildman–Crippen MR) is 65.1 cm³/mol. The Morgan fingerprint density at radius 3 is 3.00 bits per heavy atom. The molecule has 0 saturated heterocycles. The fourth-order valence-corrected chi connectivity index (χ4v) is 2.53. The third-order valence-corrected chi connectivity index (χ3v) is 3.35. The standard InChI is InChI=1S/C11H8N4S/c12-11-10-9(14-6-15-11)8(5-16-10)7-2-1-3-13-4-7/h1-6H,(H2,12,14,15). The summed E-state index contributed by atoms with van der Waals surface area (Å²) in [6.07, 6.45) is 5.06. The average molecular weight is 228 g/mol. The van der Waals surface area contributed by atoms with E-state index in [2.05, 4.69) is 15.0 Å².